The van der Waals surface area contributed by atoms with Crippen LogP contribution in [0.1, 0.15) is 104 Å². The summed E-state index contributed by atoms with van der Waals surface area (Å²) in [7, 11) is 16.8. The van der Waals surface area contributed by atoms with Crippen molar-refractivity contribution in [2.75, 3.05) is 0 Å². The van der Waals surface area contributed by atoms with Crippen LogP contribution in [0.15, 0.2) is 114 Å². The Bertz CT molecular complexity index is 3030. The summed E-state index contributed by atoms with van der Waals surface area (Å²) >= 11 is -6.59. The molecule has 0 aromatic heterocycles. The third-order valence-corrected chi connectivity index (χ3v) is 37.5. The molecule has 0 amide bonds. The third kappa shape index (κ3) is 8.59. The van der Waals surface area contributed by atoms with E-state index in [0.29, 0.717) is 47.8 Å². The van der Waals surface area contributed by atoms with Gasteiger partial charge in [-0.15, -0.1) is 0 Å². The van der Waals surface area contributed by atoms with Crippen LogP contribution >= 0.6 is 17.0 Å². The molecule has 1 aliphatic heterocycles. The van der Waals surface area contributed by atoms with Gasteiger partial charge in [0.25, 0.3) is 0 Å². The molecular weight excluding hydrogens is 1090 g/mol. The Labute approximate surface area is 420 Å². The summed E-state index contributed by atoms with van der Waals surface area (Å²) in [6.07, 6.45) is -16.4. The molecule has 16 heteroatoms. The molecule has 2 atom stereocenters. The molecule has 2 aliphatic carbocycles. The van der Waals surface area contributed by atoms with Crippen LogP contribution in [-0.4, -0.2) is 9.52 Å². The zero-order chi connectivity index (χ0) is 52.4. The number of rotatable bonds is 9. The van der Waals surface area contributed by atoms with Crippen LogP contribution in [0.5, 0.6) is 0 Å². The summed E-state index contributed by atoms with van der Waals surface area (Å²) in [6, 6.07) is 23.9. The first-order valence-electron chi connectivity index (χ1n) is 23.6. The first-order chi connectivity index (χ1) is 33.5. The van der Waals surface area contributed by atoms with E-state index in [1.807, 2.05) is 88.4 Å². The number of hydrogen-bond acceptors (Lipinski definition) is 0. The SMILES string of the molecule is CCc1ccc2c(c1-c1cc(C(F)(F)F)cc(C(F)(F)F)c1)C=C(C(C)C)[CH]2[Zr]([Cl])([Cl])([c]1cccc2c1[SiH2]c1ccccc1-2)[CH]1C(C(C)C)=Cc2c1ccc(CC)c2-c1cc(C(F)(F)F)cc(C(F)(F)F)c1. The number of benzene rings is 6. The average molecular weight is 1140 g/mol. The maximum atomic E-state index is 14.6. The minimum absolute atomic E-state index is 0.0984. The predicted octanol–water partition coefficient (Wildman–Crippen LogP) is 16.5. The minimum atomic E-state index is -6.59. The fraction of sp³-hybridized carbons (Fsp3) is 0.286. The van der Waals surface area contributed by atoms with Gasteiger partial charge in [0.1, 0.15) is 0 Å². The van der Waals surface area contributed by atoms with Gasteiger partial charge in [0.15, 0.2) is 0 Å². The summed E-state index contributed by atoms with van der Waals surface area (Å²) < 4.78 is 174. The standard InChI is InChI=1S/2C22H19F6.C12H9Si.2ClH.Zr/c2*1-4-13-5-6-14-7-15(12(2)3)10-19(14)20(13)16-8-17(21(23,24)25)11-18(9-16)22(26,27)28;1-3-7-11-9(5-1)10-6-2-4-8-12(10)13-11;;;/h2*5-12H,4H2,1-3H3;1-7H,13H2;2*1H;/q;;;;;+2/p-2. The van der Waals surface area contributed by atoms with Crippen LogP contribution in [-0.2, 0) is 53.9 Å². The van der Waals surface area contributed by atoms with Gasteiger partial charge in [0, 0.05) is 0 Å². The van der Waals surface area contributed by atoms with E-state index >= 15 is 0 Å². The van der Waals surface area contributed by atoms with E-state index in [1.165, 1.54) is 0 Å². The van der Waals surface area contributed by atoms with Crippen LogP contribution in [0.25, 0.3) is 45.5 Å². The van der Waals surface area contributed by atoms with Crippen molar-refractivity contribution >= 4 is 52.3 Å². The summed E-state index contributed by atoms with van der Waals surface area (Å²) in [4.78, 5) is 0. The topological polar surface area (TPSA) is 0 Å². The molecular formula is C56H47Cl2F12SiZr. The van der Waals surface area contributed by atoms with Gasteiger partial charge in [-0.25, -0.2) is 0 Å². The van der Waals surface area contributed by atoms with Crippen LogP contribution in [0.4, 0.5) is 52.7 Å². The predicted molar refractivity (Wildman–Crippen MR) is 265 cm³/mol. The Morgan fingerprint density at radius 1 is 0.500 bits per heavy atom. The average Bonchev–Trinajstić information content (AvgIpc) is 4.02. The molecule has 9 rings (SSSR count). The molecule has 0 N–H and O–H groups in total. The molecule has 0 spiro atoms. The molecule has 72 heavy (non-hydrogen) atoms. The molecule has 6 aromatic rings. The van der Waals surface area contributed by atoms with Crippen molar-refractivity contribution in [3.05, 3.63) is 170 Å². The van der Waals surface area contributed by atoms with E-state index in [4.69, 9.17) is 17.0 Å². The zero-order valence-corrected chi connectivity index (χ0v) is 45.1. The van der Waals surface area contributed by atoms with Crippen molar-refractivity contribution in [2.24, 2.45) is 11.8 Å². The Kier molecular flexibility index (Phi) is 13.1. The quantitative estimate of drug-likeness (QED) is 0.0998. The van der Waals surface area contributed by atoms with Crippen molar-refractivity contribution in [1.29, 1.82) is 0 Å². The van der Waals surface area contributed by atoms with Gasteiger partial charge in [-0.05, 0) is 0 Å². The molecule has 0 radical (unpaired) electrons. The molecule has 1 heterocycles. The molecule has 6 aromatic carbocycles. The van der Waals surface area contributed by atoms with Crippen LogP contribution in [0.2, 0.25) is 0 Å². The van der Waals surface area contributed by atoms with Gasteiger partial charge >= 0.3 is 423 Å². The molecule has 0 saturated carbocycles. The molecule has 0 bridgehead atoms. The fourth-order valence-electron chi connectivity index (χ4n) is 11.8. The van der Waals surface area contributed by atoms with Gasteiger partial charge in [0.2, 0.25) is 0 Å². The first-order valence-corrected chi connectivity index (χ1v) is 35.4. The van der Waals surface area contributed by atoms with Crippen LogP contribution in [0.3, 0.4) is 0 Å². The summed E-state index contributed by atoms with van der Waals surface area (Å²) in [5.74, 6) is -0.721. The van der Waals surface area contributed by atoms with Crippen molar-refractivity contribution < 1.29 is 69.1 Å². The third-order valence-electron chi connectivity index (χ3n) is 14.9. The number of hydrogen-bond donors (Lipinski definition) is 0. The number of alkyl halides is 12. The van der Waals surface area contributed by atoms with Crippen molar-refractivity contribution in [3.63, 3.8) is 0 Å². The van der Waals surface area contributed by atoms with Gasteiger partial charge in [-0.3, -0.25) is 0 Å². The molecule has 2 unspecified atom stereocenters. The number of allylic oxidation sites excluding steroid dienone is 2. The van der Waals surface area contributed by atoms with E-state index in [9.17, 15) is 52.7 Å². The Balaban J connectivity index is 1.41. The van der Waals surface area contributed by atoms with Crippen molar-refractivity contribution in [1.82, 2.24) is 0 Å². The molecule has 377 valence electrons. The summed E-state index contributed by atoms with van der Waals surface area (Å²) in [5, 5.41) is 2.10. The second-order valence-electron chi connectivity index (χ2n) is 19.8. The van der Waals surface area contributed by atoms with Crippen molar-refractivity contribution in [3.8, 4) is 33.4 Å². The Hall–Kier alpha value is -4.36. The molecule has 0 nitrogen and oxygen atoms in total. The van der Waals surface area contributed by atoms with Gasteiger partial charge < -0.3 is 0 Å². The monoisotopic (exact) mass is 1140 g/mol. The Morgan fingerprint density at radius 2 is 0.889 bits per heavy atom. The van der Waals surface area contributed by atoms with Gasteiger partial charge in [-0.1, -0.05) is 0 Å². The van der Waals surface area contributed by atoms with E-state index in [1.54, 1.807) is 26.0 Å². The second kappa shape index (κ2) is 17.9. The molecule has 0 fully saturated rings. The van der Waals surface area contributed by atoms with Crippen molar-refractivity contribution in [2.45, 2.75) is 86.3 Å². The normalized spacial score (nSPS) is 17.7. The Morgan fingerprint density at radius 3 is 1.26 bits per heavy atom. The van der Waals surface area contributed by atoms with Crippen LogP contribution < -0.4 is 13.6 Å². The van der Waals surface area contributed by atoms with Crippen LogP contribution in [0, 0.1) is 11.8 Å². The zero-order valence-electron chi connectivity index (χ0n) is 39.7. The molecule has 0 saturated heterocycles. The van der Waals surface area contributed by atoms with Gasteiger partial charge in [-0.2, -0.15) is 0 Å². The maximum absolute atomic E-state index is 14.6. The number of fused-ring (bicyclic) bond motifs is 5. The number of aryl methyl sites for hydroxylation is 2. The van der Waals surface area contributed by atoms with E-state index in [0.717, 1.165) is 45.8 Å². The summed E-state index contributed by atoms with van der Waals surface area (Å²) in [5.41, 5.74) is -0.0774. The van der Waals surface area contributed by atoms with Gasteiger partial charge in [0.05, 0.1) is 0 Å². The van der Waals surface area contributed by atoms with E-state index in [-0.39, 0.29) is 59.1 Å². The number of halogens is 14. The fourth-order valence-corrected chi connectivity index (χ4v) is 40.0. The van der Waals surface area contributed by atoms with E-state index < -0.39 is 80.1 Å². The first kappa shape index (κ1) is 52.5. The second-order valence-corrected chi connectivity index (χ2v) is 42.2. The summed E-state index contributed by atoms with van der Waals surface area (Å²) in [6.45, 7) is 11.2. The molecule has 3 aliphatic rings. The van der Waals surface area contributed by atoms with E-state index in [2.05, 4.69) is 6.07 Å².